The summed E-state index contributed by atoms with van der Waals surface area (Å²) in [5.74, 6) is -0.981. The minimum Gasteiger partial charge on any atom is -0.481 e. The lowest BCUT2D eigenvalue weighted by Gasteiger charge is -2.19. The lowest BCUT2D eigenvalue weighted by molar-refractivity contribution is -0.147. The van der Waals surface area contributed by atoms with Gasteiger partial charge in [0.1, 0.15) is 0 Å². The second-order valence-electron chi connectivity index (χ2n) is 8.17. The third kappa shape index (κ3) is 2.83. The Bertz CT molecular complexity index is 946. The number of aliphatic carboxylic acids is 1. The highest BCUT2D eigenvalue weighted by molar-refractivity contribution is 5.95. The van der Waals surface area contributed by atoms with Crippen LogP contribution < -0.4 is 0 Å². The van der Waals surface area contributed by atoms with E-state index in [1.165, 1.54) is 5.56 Å². The molecule has 1 amide bonds. The molecule has 0 spiro atoms. The van der Waals surface area contributed by atoms with Gasteiger partial charge < -0.3 is 10.0 Å². The van der Waals surface area contributed by atoms with Crippen molar-refractivity contribution >= 4 is 11.9 Å². The molecule has 0 radical (unpaired) electrons. The van der Waals surface area contributed by atoms with Crippen LogP contribution in [0.15, 0.2) is 18.2 Å². The standard InChI is InChI=1S/C21H25N3O3/c1-13-7-8-16(14(2)11-13)24-17-6-4-5-15(17)18(22-24)19(25)23-10-9-21(3,12-23)20(26)27/h7-8,11H,4-6,9-10,12H2,1-3H3,(H,26,27). The molecular weight excluding hydrogens is 342 g/mol. The first-order valence-electron chi connectivity index (χ1n) is 9.51. The normalized spacial score (nSPS) is 21.5. The van der Waals surface area contributed by atoms with E-state index in [0.717, 1.165) is 41.8 Å². The summed E-state index contributed by atoms with van der Waals surface area (Å²) < 4.78 is 1.93. The maximum absolute atomic E-state index is 13.2. The molecule has 6 nitrogen and oxygen atoms in total. The molecule has 4 rings (SSSR count). The lowest BCUT2D eigenvalue weighted by atomic mass is 9.90. The smallest absolute Gasteiger partial charge is 0.311 e. The third-order valence-corrected chi connectivity index (χ3v) is 5.99. The number of carboxylic acid groups (broad SMARTS) is 1. The van der Waals surface area contributed by atoms with Crippen LogP contribution in [0.25, 0.3) is 5.69 Å². The van der Waals surface area contributed by atoms with Crippen molar-refractivity contribution in [3.8, 4) is 5.69 Å². The van der Waals surface area contributed by atoms with Gasteiger partial charge in [-0.15, -0.1) is 0 Å². The Morgan fingerprint density at radius 1 is 1.22 bits per heavy atom. The van der Waals surface area contributed by atoms with Crippen molar-refractivity contribution in [2.24, 2.45) is 5.41 Å². The molecule has 1 aliphatic carbocycles. The van der Waals surface area contributed by atoms with Crippen molar-refractivity contribution in [1.29, 1.82) is 0 Å². The SMILES string of the molecule is Cc1ccc(-n2nc(C(=O)N3CCC(C)(C(=O)O)C3)c3c2CCC3)c(C)c1. The Morgan fingerprint density at radius 3 is 2.67 bits per heavy atom. The van der Waals surface area contributed by atoms with Gasteiger partial charge in [-0.3, -0.25) is 9.59 Å². The molecule has 27 heavy (non-hydrogen) atoms. The average molecular weight is 367 g/mol. The van der Waals surface area contributed by atoms with Gasteiger partial charge in [0.25, 0.3) is 5.91 Å². The number of amides is 1. The summed E-state index contributed by atoms with van der Waals surface area (Å²) in [4.78, 5) is 26.3. The van der Waals surface area contributed by atoms with E-state index >= 15 is 0 Å². The Morgan fingerprint density at radius 2 is 2.00 bits per heavy atom. The molecular formula is C21H25N3O3. The van der Waals surface area contributed by atoms with Gasteiger partial charge in [-0.1, -0.05) is 17.7 Å². The van der Waals surface area contributed by atoms with Crippen molar-refractivity contribution in [2.75, 3.05) is 13.1 Å². The maximum Gasteiger partial charge on any atom is 0.311 e. The monoisotopic (exact) mass is 367 g/mol. The molecule has 142 valence electrons. The van der Waals surface area contributed by atoms with Crippen molar-refractivity contribution in [3.63, 3.8) is 0 Å². The molecule has 6 heteroatoms. The molecule has 0 bridgehead atoms. The molecule has 1 N–H and O–H groups in total. The van der Waals surface area contributed by atoms with E-state index < -0.39 is 11.4 Å². The third-order valence-electron chi connectivity index (χ3n) is 5.99. The van der Waals surface area contributed by atoms with Crippen LogP contribution in [0.2, 0.25) is 0 Å². The Hall–Kier alpha value is -2.63. The summed E-state index contributed by atoms with van der Waals surface area (Å²) in [6.45, 7) is 6.54. The highest BCUT2D eigenvalue weighted by atomic mass is 16.4. The molecule has 1 aromatic carbocycles. The zero-order chi connectivity index (χ0) is 19.3. The van der Waals surface area contributed by atoms with Gasteiger partial charge >= 0.3 is 5.97 Å². The number of nitrogens with zero attached hydrogens (tertiary/aromatic N) is 3. The summed E-state index contributed by atoms with van der Waals surface area (Å²) in [5.41, 5.74) is 5.11. The first kappa shape index (κ1) is 17.8. The summed E-state index contributed by atoms with van der Waals surface area (Å²) in [6, 6.07) is 6.24. The predicted molar refractivity (Wildman–Crippen MR) is 101 cm³/mol. The fourth-order valence-electron chi connectivity index (χ4n) is 4.31. The Labute approximate surface area is 158 Å². The molecule has 2 aromatic rings. The van der Waals surface area contributed by atoms with Crippen LogP contribution in [0.3, 0.4) is 0 Å². The molecule has 2 heterocycles. The number of carboxylic acids is 1. The van der Waals surface area contributed by atoms with Gasteiger partial charge in [0, 0.05) is 24.3 Å². The number of benzene rings is 1. The fourth-order valence-corrected chi connectivity index (χ4v) is 4.31. The molecule has 1 aromatic heterocycles. The van der Waals surface area contributed by atoms with Crippen LogP contribution in [0, 0.1) is 19.3 Å². The molecule has 1 saturated heterocycles. The molecule has 0 saturated carbocycles. The van der Waals surface area contributed by atoms with Crippen LogP contribution >= 0.6 is 0 Å². The van der Waals surface area contributed by atoms with E-state index in [1.807, 2.05) is 4.68 Å². The van der Waals surface area contributed by atoms with E-state index in [1.54, 1.807) is 11.8 Å². The molecule has 1 fully saturated rings. The minimum absolute atomic E-state index is 0.137. The molecule has 1 atom stereocenters. The fraction of sp³-hybridized carbons (Fsp3) is 0.476. The van der Waals surface area contributed by atoms with Gasteiger partial charge in [-0.05, 0) is 58.1 Å². The van der Waals surface area contributed by atoms with Crippen LogP contribution in [-0.4, -0.2) is 44.8 Å². The highest BCUT2D eigenvalue weighted by Gasteiger charge is 2.43. The molecule has 2 aliphatic rings. The van der Waals surface area contributed by atoms with Gasteiger partial charge in [-0.2, -0.15) is 5.10 Å². The predicted octanol–water partition coefficient (Wildman–Crippen LogP) is 2.91. The van der Waals surface area contributed by atoms with Gasteiger partial charge in [0.2, 0.25) is 0 Å². The van der Waals surface area contributed by atoms with E-state index in [0.29, 0.717) is 18.7 Å². The number of rotatable bonds is 3. The topological polar surface area (TPSA) is 75.4 Å². The summed E-state index contributed by atoms with van der Waals surface area (Å²) in [7, 11) is 0. The number of carbonyl (C=O) groups is 2. The second-order valence-corrected chi connectivity index (χ2v) is 8.17. The summed E-state index contributed by atoms with van der Waals surface area (Å²) >= 11 is 0. The van der Waals surface area contributed by atoms with Crippen LogP contribution in [-0.2, 0) is 17.6 Å². The Kier molecular flexibility index (Phi) is 4.09. The number of aryl methyl sites for hydroxylation is 2. The van der Waals surface area contributed by atoms with Crippen LogP contribution in [0.5, 0.6) is 0 Å². The largest absolute Gasteiger partial charge is 0.481 e. The van der Waals surface area contributed by atoms with Crippen LogP contribution in [0.4, 0.5) is 0 Å². The maximum atomic E-state index is 13.2. The van der Waals surface area contributed by atoms with E-state index in [9.17, 15) is 14.7 Å². The zero-order valence-electron chi connectivity index (χ0n) is 16.1. The number of fused-ring (bicyclic) bond motifs is 1. The average Bonchev–Trinajstić information content (AvgIpc) is 3.30. The molecule has 1 aliphatic heterocycles. The quantitative estimate of drug-likeness (QED) is 0.905. The van der Waals surface area contributed by atoms with E-state index in [-0.39, 0.29) is 12.5 Å². The van der Waals surface area contributed by atoms with Crippen molar-refractivity contribution in [1.82, 2.24) is 14.7 Å². The summed E-state index contributed by atoms with van der Waals surface area (Å²) in [6.07, 6.45) is 3.26. The first-order chi connectivity index (χ1) is 12.8. The number of aromatic nitrogens is 2. The van der Waals surface area contributed by atoms with E-state index in [4.69, 9.17) is 5.10 Å². The van der Waals surface area contributed by atoms with Gasteiger partial charge in [0.15, 0.2) is 5.69 Å². The van der Waals surface area contributed by atoms with Crippen LogP contribution in [0.1, 0.15) is 52.6 Å². The van der Waals surface area contributed by atoms with Crippen molar-refractivity contribution in [2.45, 2.75) is 46.5 Å². The highest BCUT2D eigenvalue weighted by Crippen LogP contribution is 2.34. The van der Waals surface area contributed by atoms with E-state index in [2.05, 4.69) is 32.0 Å². The number of likely N-dealkylation sites (tertiary alicyclic amines) is 1. The number of hydrogen-bond donors (Lipinski definition) is 1. The first-order valence-corrected chi connectivity index (χ1v) is 9.51. The molecule has 1 unspecified atom stereocenters. The van der Waals surface area contributed by atoms with Crippen molar-refractivity contribution < 1.29 is 14.7 Å². The lowest BCUT2D eigenvalue weighted by Crippen LogP contribution is -2.35. The number of carbonyl (C=O) groups excluding carboxylic acids is 1. The minimum atomic E-state index is -0.866. The zero-order valence-corrected chi connectivity index (χ0v) is 16.1. The van der Waals surface area contributed by atoms with Crippen molar-refractivity contribution in [3.05, 3.63) is 46.3 Å². The van der Waals surface area contributed by atoms with Gasteiger partial charge in [-0.25, -0.2) is 4.68 Å². The second kappa shape index (κ2) is 6.22. The number of hydrogen-bond acceptors (Lipinski definition) is 3. The summed E-state index contributed by atoms with van der Waals surface area (Å²) in [5, 5.41) is 14.2. The van der Waals surface area contributed by atoms with Gasteiger partial charge in [0.05, 0.1) is 11.1 Å². The Balaban J connectivity index is 1.71.